The molecule has 0 saturated heterocycles. The van der Waals surface area contributed by atoms with E-state index in [1.54, 1.807) is 12.5 Å². The maximum absolute atomic E-state index is 8.68. The van der Waals surface area contributed by atoms with Crippen LogP contribution in [0.3, 0.4) is 0 Å². The smallest absolute Gasteiger partial charge is 0.158 e. The number of aliphatic imine (C=N–C) groups is 1. The van der Waals surface area contributed by atoms with Gasteiger partial charge in [-0.1, -0.05) is 11.6 Å². The molecule has 0 saturated carbocycles. The minimum Gasteiger partial charge on any atom is -0.396 e. The van der Waals surface area contributed by atoms with Gasteiger partial charge in [-0.3, -0.25) is 0 Å². The Bertz CT molecular complexity index is 377. The van der Waals surface area contributed by atoms with E-state index < -0.39 is 0 Å². The first-order valence-electron chi connectivity index (χ1n) is 5.42. The number of aliphatic hydroxyl groups is 1. The maximum atomic E-state index is 8.68. The van der Waals surface area contributed by atoms with E-state index in [0.717, 1.165) is 37.2 Å². The second-order valence-corrected chi connectivity index (χ2v) is 4.15. The molecule has 5 nitrogen and oxygen atoms in total. The van der Waals surface area contributed by atoms with Crippen molar-refractivity contribution in [2.75, 3.05) is 6.61 Å². The Morgan fingerprint density at radius 2 is 2.31 bits per heavy atom. The molecule has 88 valence electrons. The predicted octanol–water partition coefficient (Wildman–Crippen LogP) is 1.55. The molecule has 1 aliphatic heterocycles. The third kappa shape index (κ3) is 2.36. The summed E-state index contributed by atoms with van der Waals surface area (Å²) in [6.45, 7) is 1.07. The molecular weight excluding hydrogens is 228 g/mol. The molecule has 1 aliphatic rings. The molecule has 6 heteroatoms. The highest BCUT2D eigenvalue weighted by molar-refractivity contribution is 6.21. The second kappa shape index (κ2) is 5.32. The van der Waals surface area contributed by atoms with Gasteiger partial charge >= 0.3 is 0 Å². The molecule has 2 rings (SSSR count). The summed E-state index contributed by atoms with van der Waals surface area (Å²) in [6, 6.07) is 0. The molecule has 0 spiro atoms. The van der Waals surface area contributed by atoms with E-state index in [-0.39, 0.29) is 12.1 Å². The predicted molar refractivity (Wildman–Crippen MR) is 63.0 cm³/mol. The molecule has 0 aliphatic carbocycles. The van der Waals surface area contributed by atoms with Gasteiger partial charge in [-0.15, -0.1) is 0 Å². The number of rotatable bonds is 5. The first-order chi connectivity index (χ1) is 7.83. The number of unbranched alkanes of at least 4 members (excludes halogenated alkanes) is 2. The molecule has 16 heavy (non-hydrogen) atoms. The number of hydrogen-bond donors (Lipinski definition) is 2. The van der Waals surface area contributed by atoms with Gasteiger partial charge < -0.3 is 10.4 Å². The zero-order chi connectivity index (χ0) is 11.4. The van der Waals surface area contributed by atoms with Crippen molar-refractivity contribution in [3.05, 3.63) is 11.8 Å². The fraction of sp³-hybridized carbons (Fsp3) is 0.600. The zero-order valence-electron chi connectivity index (χ0n) is 8.93. The fourth-order valence-corrected chi connectivity index (χ4v) is 1.89. The largest absolute Gasteiger partial charge is 0.396 e. The van der Waals surface area contributed by atoms with Crippen LogP contribution in [0, 0.1) is 0 Å². The summed E-state index contributed by atoms with van der Waals surface area (Å²) in [6.07, 6.45) is 6.18. The lowest BCUT2D eigenvalue weighted by Crippen LogP contribution is -2.17. The van der Waals surface area contributed by atoms with Gasteiger partial charge in [0.25, 0.3) is 0 Å². The lowest BCUT2D eigenvalue weighted by molar-refractivity contribution is 0.281. The topological polar surface area (TPSA) is 62.4 Å². The Morgan fingerprint density at radius 1 is 1.44 bits per heavy atom. The monoisotopic (exact) mass is 242 g/mol. The third-order valence-corrected chi connectivity index (χ3v) is 2.91. The van der Waals surface area contributed by atoms with Crippen LogP contribution in [0.2, 0.25) is 0 Å². The van der Waals surface area contributed by atoms with Gasteiger partial charge in [-0.05, 0) is 19.3 Å². The number of aromatic nitrogens is 2. The Morgan fingerprint density at radius 3 is 3.12 bits per heavy atom. The lowest BCUT2D eigenvalue weighted by Gasteiger charge is -2.14. The highest BCUT2D eigenvalue weighted by Gasteiger charge is 2.19. The molecular formula is C10H15ClN4O. The average molecular weight is 243 g/mol. The Kier molecular flexibility index (Phi) is 3.79. The summed E-state index contributed by atoms with van der Waals surface area (Å²) in [4.78, 5) is 4.23. The Balaban J connectivity index is 1.98. The molecule has 2 heterocycles. The molecule has 0 bridgehead atoms. The molecule has 1 atom stereocenters. The van der Waals surface area contributed by atoms with E-state index in [0.29, 0.717) is 0 Å². The number of alkyl halides is 1. The lowest BCUT2D eigenvalue weighted by atomic mass is 10.2. The van der Waals surface area contributed by atoms with E-state index in [2.05, 4.69) is 15.4 Å². The van der Waals surface area contributed by atoms with Crippen LogP contribution < -0.4 is 5.32 Å². The molecule has 0 radical (unpaired) electrons. The van der Waals surface area contributed by atoms with Gasteiger partial charge in [-0.2, -0.15) is 5.10 Å². The molecule has 1 aromatic heterocycles. The van der Waals surface area contributed by atoms with Gasteiger partial charge in [0.2, 0.25) is 0 Å². The summed E-state index contributed by atoms with van der Waals surface area (Å²) in [5.74, 6) is 0.836. The molecule has 0 aromatic carbocycles. The van der Waals surface area contributed by atoms with Gasteiger partial charge in [0.15, 0.2) is 5.82 Å². The SMILES string of the molecule is OCCCCCn1ncc2c1N=CNC2Cl. The summed E-state index contributed by atoms with van der Waals surface area (Å²) >= 11 is 6.06. The van der Waals surface area contributed by atoms with Crippen LogP contribution in [0.1, 0.15) is 30.3 Å². The highest BCUT2D eigenvalue weighted by atomic mass is 35.5. The van der Waals surface area contributed by atoms with Crippen molar-refractivity contribution >= 4 is 23.8 Å². The number of halogens is 1. The van der Waals surface area contributed by atoms with Crippen LogP contribution in [0.25, 0.3) is 0 Å². The number of nitrogens with one attached hydrogen (secondary N) is 1. The third-order valence-electron chi connectivity index (χ3n) is 2.55. The maximum Gasteiger partial charge on any atom is 0.158 e. The Hall–Kier alpha value is -1.07. The van der Waals surface area contributed by atoms with Crippen LogP contribution >= 0.6 is 11.6 Å². The van der Waals surface area contributed by atoms with Crippen molar-refractivity contribution in [2.24, 2.45) is 4.99 Å². The van der Waals surface area contributed by atoms with Crippen LogP contribution in [-0.4, -0.2) is 27.8 Å². The second-order valence-electron chi connectivity index (χ2n) is 3.72. The molecule has 2 N–H and O–H groups in total. The average Bonchev–Trinajstić information content (AvgIpc) is 2.70. The van der Waals surface area contributed by atoms with Crippen LogP contribution in [0.4, 0.5) is 5.82 Å². The molecule has 1 aromatic rings. The number of fused-ring (bicyclic) bond motifs is 1. The van der Waals surface area contributed by atoms with Gasteiger partial charge in [-0.25, -0.2) is 9.67 Å². The quantitative estimate of drug-likeness (QED) is 0.468. The summed E-state index contributed by atoms with van der Waals surface area (Å²) in [7, 11) is 0. The Labute approximate surface area is 99.1 Å². The van der Waals surface area contributed by atoms with E-state index in [9.17, 15) is 0 Å². The van der Waals surface area contributed by atoms with E-state index in [1.807, 2.05) is 4.68 Å². The minimum absolute atomic E-state index is 0.237. The molecule has 1 unspecified atom stereocenters. The molecule has 0 fully saturated rings. The molecule has 0 amide bonds. The normalized spacial score (nSPS) is 18.2. The van der Waals surface area contributed by atoms with Gasteiger partial charge in [0, 0.05) is 13.2 Å². The zero-order valence-corrected chi connectivity index (χ0v) is 9.69. The summed E-state index contributed by atoms with van der Waals surface area (Å²) in [5.41, 5.74) is 0.685. The summed E-state index contributed by atoms with van der Waals surface area (Å²) < 4.78 is 1.86. The van der Waals surface area contributed by atoms with Crippen LogP contribution in [0.15, 0.2) is 11.2 Å². The minimum atomic E-state index is -0.237. The highest BCUT2D eigenvalue weighted by Crippen LogP contribution is 2.30. The first-order valence-corrected chi connectivity index (χ1v) is 5.86. The van der Waals surface area contributed by atoms with E-state index >= 15 is 0 Å². The number of nitrogens with zero attached hydrogens (tertiary/aromatic N) is 3. The van der Waals surface area contributed by atoms with Crippen molar-refractivity contribution in [3.8, 4) is 0 Å². The first kappa shape index (κ1) is 11.4. The van der Waals surface area contributed by atoms with Crippen molar-refractivity contribution in [1.29, 1.82) is 0 Å². The van der Waals surface area contributed by atoms with Gasteiger partial charge in [0.1, 0.15) is 5.50 Å². The van der Waals surface area contributed by atoms with Crippen molar-refractivity contribution in [1.82, 2.24) is 15.1 Å². The van der Waals surface area contributed by atoms with Crippen molar-refractivity contribution in [3.63, 3.8) is 0 Å². The van der Waals surface area contributed by atoms with E-state index in [4.69, 9.17) is 16.7 Å². The van der Waals surface area contributed by atoms with Crippen molar-refractivity contribution in [2.45, 2.75) is 31.3 Å². The van der Waals surface area contributed by atoms with Crippen LogP contribution in [0.5, 0.6) is 0 Å². The number of aryl methyl sites for hydroxylation is 1. The van der Waals surface area contributed by atoms with Crippen molar-refractivity contribution < 1.29 is 5.11 Å². The van der Waals surface area contributed by atoms with Crippen LogP contribution in [-0.2, 0) is 6.54 Å². The standard InChI is InChI=1S/C10H15ClN4O/c11-9-8-6-14-15(4-2-1-3-5-16)10(8)13-7-12-9/h6-7,9,16H,1-5H2,(H,12,13). The summed E-state index contributed by atoms with van der Waals surface area (Å²) in [5, 5.41) is 15.9. The fourth-order valence-electron chi connectivity index (χ4n) is 1.68. The number of aliphatic hydroxyl groups excluding tert-OH is 1. The van der Waals surface area contributed by atoms with E-state index in [1.165, 1.54) is 0 Å². The number of hydrogen-bond acceptors (Lipinski definition) is 4. The van der Waals surface area contributed by atoms with Gasteiger partial charge in [0.05, 0.1) is 18.1 Å².